The Labute approximate surface area is 150 Å². The van der Waals surface area contributed by atoms with Crippen molar-refractivity contribution in [3.8, 4) is 11.5 Å². The Kier molecular flexibility index (Phi) is 4.65. The molecule has 1 aliphatic heterocycles. The topological polar surface area (TPSA) is 42.2 Å². The molecule has 0 bridgehead atoms. The maximum absolute atomic E-state index is 5.98. The van der Waals surface area contributed by atoms with Gasteiger partial charge in [0.05, 0.1) is 6.04 Å². The maximum Gasteiger partial charge on any atom is 0.248 e. The van der Waals surface area contributed by atoms with Gasteiger partial charge < -0.3 is 4.42 Å². The number of halogens is 1. The van der Waals surface area contributed by atoms with E-state index in [0.29, 0.717) is 5.89 Å². The molecule has 0 amide bonds. The summed E-state index contributed by atoms with van der Waals surface area (Å²) in [7, 11) is 0. The SMILES string of the molecule is Clc1ccc(CN2CCCCC2c2nnc(-c3ccsc3)o2)cc1. The van der Waals surface area contributed by atoms with E-state index in [4.69, 9.17) is 16.0 Å². The zero-order valence-corrected chi connectivity index (χ0v) is 14.8. The Morgan fingerprint density at radius 2 is 2.04 bits per heavy atom. The van der Waals surface area contributed by atoms with Gasteiger partial charge in [0.15, 0.2) is 0 Å². The third-order valence-electron chi connectivity index (χ3n) is 4.41. The summed E-state index contributed by atoms with van der Waals surface area (Å²) in [6, 6.07) is 10.2. The highest BCUT2D eigenvalue weighted by molar-refractivity contribution is 7.08. The van der Waals surface area contributed by atoms with Crippen LogP contribution in [-0.2, 0) is 6.54 Å². The van der Waals surface area contributed by atoms with E-state index >= 15 is 0 Å². The standard InChI is InChI=1S/C18H18ClN3OS/c19-15-6-4-13(5-7-15)11-22-9-2-1-3-16(22)18-21-20-17(23-18)14-8-10-24-12-14/h4-8,10,12,16H,1-3,9,11H2. The third kappa shape index (κ3) is 3.38. The summed E-state index contributed by atoms with van der Waals surface area (Å²) in [6.07, 6.45) is 3.45. The zero-order valence-electron chi connectivity index (χ0n) is 13.2. The molecule has 1 saturated heterocycles. The molecule has 1 fully saturated rings. The fourth-order valence-electron chi connectivity index (χ4n) is 3.16. The number of hydrogen-bond acceptors (Lipinski definition) is 5. The lowest BCUT2D eigenvalue weighted by molar-refractivity contribution is 0.118. The first-order valence-electron chi connectivity index (χ1n) is 8.14. The smallest absolute Gasteiger partial charge is 0.248 e. The highest BCUT2D eigenvalue weighted by atomic mass is 35.5. The van der Waals surface area contributed by atoms with Crippen molar-refractivity contribution in [3.05, 3.63) is 57.6 Å². The van der Waals surface area contributed by atoms with Crippen molar-refractivity contribution in [1.82, 2.24) is 15.1 Å². The fraction of sp³-hybridized carbons (Fsp3) is 0.333. The summed E-state index contributed by atoms with van der Waals surface area (Å²) in [6.45, 7) is 1.92. The number of thiophene rings is 1. The van der Waals surface area contributed by atoms with E-state index in [2.05, 4.69) is 27.2 Å². The van der Waals surface area contributed by atoms with Gasteiger partial charge in [-0.1, -0.05) is 30.2 Å². The van der Waals surface area contributed by atoms with Crippen LogP contribution in [0.15, 0.2) is 45.5 Å². The van der Waals surface area contributed by atoms with Crippen molar-refractivity contribution in [2.75, 3.05) is 6.54 Å². The predicted molar refractivity (Wildman–Crippen MR) is 96.1 cm³/mol. The summed E-state index contributed by atoms with van der Waals surface area (Å²) in [5.74, 6) is 1.34. The minimum atomic E-state index is 0.189. The molecule has 1 unspecified atom stereocenters. The van der Waals surface area contributed by atoms with Gasteiger partial charge in [-0.15, -0.1) is 10.2 Å². The molecule has 6 heteroatoms. The number of rotatable bonds is 4. The van der Waals surface area contributed by atoms with Crippen LogP contribution in [0.3, 0.4) is 0 Å². The molecule has 1 atom stereocenters. The second kappa shape index (κ2) is 7.05. The van der Waals surface area contributed by atoms with E-state index in [0.717, 1.165) is 36.0 Å². The molecule has 1 aliphatic rings. The molecule has 4 nitrogen and oxygen atoms in total. The summed E-state index contributed by atoms with van der Waals surface area (Å²) in [5, 5.41) is 13.4. The van der Waals surface area contributed by atoms with Crippen LogP contribution in [0.1, 0.15) is 36.8 Å². The molecule has 0 spiro atoms. The van der Waals surface area contributed by atoms with Crippen LogP contribution in [-0.4, -0.2) is 21.6 Å². The molecule has 0 saturated carbocycles. The third-order valence-corrected chi connectivity index (χ3v) is 5.34. The van der Waals surface area contributed by atoms with Gasteiger partial charge in [0.2, 0.25) is 11.8 Å². The Morgan fingerprint density at radius 1 is 1.17 bits per heavy atom. The van der Waals surface area contributed by atoms with Gasteiger partial charge in [-0.05, 0) is 48.5 Å². The van der Waals surface area contributed by atoms with Crippen molar-refractivity contribution >= 4 is 22.9 Å². The summed E-state index contributed by atoms with van der Waals surface area (Å²) < 4.78 is 5.98. The van der Waals surface area contributed by atoms with Crippen LogP contribution in [0.25, 0.3) is 11.5 Å². The second-order valence-corrected chi connectivity index (χ2v) is 7.28. The molecule has 1 aromatic carbocycles. The first-order chi connectivity index (χ1) is 11.8. The lowest BCUT2D eigenvalue weighted by Crippen LogP contribution is -2.33. The van der Waals surface area contributed by atoms with Crippen LogP contribution >= 0.6 is 22.9 Å². The molecule has 124 valence electrons. The van der Waals surface area contributed by atoms with Gasteiger partial charge in [0.1, 0.15) is 0 Å². The van der Waals surface area contributed by atoms with Crippen LogP contribution in [0.2, 0.25) is 5.02 Å². The van der Waals surface area contributed by atoms with Crippen molar-refractivity contribution in [2.24, 2.45) is 0 Å². The molecule has 0 aliphatic carbocycles. The summed E-state index contributed by atoms with van der Waals surface area (Å²) in [4.78, 5) is 2.43. The van der Waals surface area contributed by atoms with E-state index < -0.39 is 0 Å². The lowest BCUT2D eigenvalue weighted by atomic mass is 10.0. The quantitative estimate of drug-likeness (QED) is 0.643. The van der Waals surface area contributed by atoms with Crippen molar-refractivity contribution in [2.45, 2.75) is 31.8 Å². The van der Waals surface area contributed by atoms with Gasteiger partial charge in [-0.25, -0.2) is 0 Å². The Balaban J connectivity index is 1.54. The summed E-state index contributed by atoms with van der Waals surface area (Å²) >= 11 is 7.62. The van der Waals surface area contributed by atoms with Crippen LogP contribution < -0.4 is 0 Å². The monoisotopic (exact) mass is 359 g/mol. The van der Waals surface area contributed by atoms with Gasteiger partial charge in [0.25, 0.3) is 0 Å². The van der Waals surface area contributed by atoms with Gasteiger partial charge in [-0.3, -0.25) is 4.90 Å². The van der Waals surface area contributed by atoms with E-state index in [1.807, 2.05) is 29.0 Å². The molecule has 0 radical (unpaired) electrons. The fourth-order valence-corrected chi connectivity index (χ4v) is 3.91. The minimum Gasteiger partial charge on any atom is -0.419 e. The average molecular weight is 360 g/mol. The second-order valence-electron chi connectivity index (χ2n) is 6.07. The van der Waals surface area contributed by atoms with Crippen LogP contribution in [0.4, 0.5) is 0 Å². The first-order valence-corrected chi connectivity index (χ1v) is 9.46. The number of likely N-dealkylation sites (tertiary alicyclic amines) is 1. The van der Waals surface area contributed by atoms with Crippen LogP contribution in [0.5, 0.6) is 0 Å². The molecular formula is C18H18ClN3OS. The van der Waals surface area contributed by atoms with Crippen molar-refractivity contribution < 1.29 is 4.42 Å². The van der Waals surface area contributed by atoms with Crippen molar-refractivity contribution in [1.29, 1.82) is 0 Å². The molecule has 4 rings (SSSR count). The number of hydrogen-bond donors (Lipinski definition) is 0. The largest absolute Gasteiger partial charge is 0.419 e. The number of piperidine rings is 1. The van der Waals surface area contributed by atoms with E-state index in [9.17, 15) is 0 Å². The Hall–Kier alpha value is -1.69. The first kappa shape index (κ1) is 15.8. The predicted octanol–water partition coefficient (Wildman–Crippen LogP) is 5.18. The summed E-state index contributed by atoms with van der Waals surface area (Å²) in [5.41, 5.74) is 2.25. The van der Waals surface area contributed by atoms with E-state index in [-0.39, 0.29) is 6.04 Å². The molecular weight excluding hydrogens is 342 g/mol. The molecule has 0 N–H and O–H groups in total. The highest BCUT2D eigenvalue weighted by Crippen LogP contribution is 2.33. The van der Waals surface area contributed by atoms with Gasteiger partial charge in [-0.2, -0.15) is 11.3 Å². The molecule has 3 aromatic rings. The molecule has 2 aromatic heterocycles. The van der Waals surface area contributed by atoms with E-state index in [1.165, 1.54) is 18.4 Å². The van der Waals surface area contributed by atoms with E-state index in [1.54, 1.807) is 11.3 Å². The Bertz CT molecular complexity index is 785. The Morgan fingerprint density at radius 3 is 2.83 bits per heavy atom. The molecule has 3 heterocycles. The number of benzene rings is 1. The normalized spacial score (nSPS) is 18.8. The average Bonchev–Trinajstić information content (AvgIpc) is 3.28. The van der Waals surface area contributed by atoms with Crippen LogP contribution in [0, 0.1) is 0 Å². The lowest BCUT2D eigenvalue weighted by Gasteiger charge is -2.33. The van der Waals surface area contributed by atoms with Gasteiger partial charge >= 0.3 is 0 Å². The van der Waals surface area contributed by atoms with Gasteiger partial charge in [0, 0.05) is 22.5 Å². The number of aromatic nitrogens is 2. The molecule has 24 heavy (non-hydrogen) atoms. The highest BCUT2D eigenvalue weighted by Gasteiger charge is 2.28. The van der Waals surface area contributed by atoms with Crippen molar-refractivity contribution in [3.63, 3.8) is 0 Å². The number of nitrogens with zero attached hydrogens (tertiary/aromatic N) is 3. The zero-order chi connectivity index (χ0) is 16.4. The minimum absolute atomic E-state index is 0.189. The maximum atomic E-state index is 5.98.